The number of esters is 2. The summed E-state index contributed by atoms with van der Waals surface area (Å²) in [5.41, 5.74) is 2.05. The zero-order valence-corrected chi connectivity index (χ0v) is 16.6. The van der Waals surface area contributed by atoms with Crippen LogP contribution in [0.1, 0.15) is 11.1 Å². The van der Waals surface area contributed by atoms with Gasteiger partial charge in [0.05, 0.1) is 20.8 Å². The lowest BCUT2D eigenvalue weighted by Gasteiger charge is -2.13. The maximum absolute atomic E-state index is 11.8. The molecule has 0 bridgehead atoms. The van der Waals surface area contributed by atoms with Crippen molar-refractivity contribution in [2.24, 2.45) is 5.92 Å². The Kier molecular flexibility index (Phi) is 6.85. The highest BCUT2D eigenvalue weighted by Crippen LogP contribution is 2.19. The second-order valence-electron chi connectivity index (χ2n) is 6.73. The molecule has 0 atom stereocenters. The van der Waals surface area contributed by atoms with Gasteiger partial charge in [0.25, 0.3) is 0 Å². The Bertz CT molecular complexity index is 962. The molecule has 0 aliphatic carbocycles. The first-order valence-electron chi connectivity index (χ1n) is 9.46. The smallest absolute Gasteiger partial charge is 0.320 e. The average Bonchev–Trinajstić information content (AvgIpc) is 2.77. The summed E-state index contributed by atoms with van der Waals surface area (Å²) >= 11 is 0. The molecule has 150 valence electrons. The largest absolute Gasteiger partial charge is 0.493 e. The van der Waals surface area contributed by atoms with Crippen molar-refractivity contribution in [1.29, 1.82) is 0 Å². The third-order valence-electron chi connectivity index (χ3n) is 4.81. The number of ether oxygens (including phenoxy) is 3. The predicted molar refractivity (Wildman–Crippen MR) is 111 cm³/mol. The summed E-state index contributed by atoms with van der Waals surface area (Å²) in [6.07, 6.45) is 1.02. The van der Waals surface area contributed by atoms with Crippen molar-refractivity contribution >= 4 is 22.7 Å². The summed E-state index contributed by atoms with van der Waals surface area (Å²) < 4.78 is 15.2. The Hall–Kier alpha value is -3.34. The van der Waals surface area contributed by atoms with Gasteiger partial charge >= 0.3 is 11.9 Å². The minimum Gasteiger partial charge on any atom is -0.493 e. The van der Waals surface area contributed by atoms with Gasteiger partial charge in [0.2, 0.25) is 0 Å². The van der Waals surface area contributed by atoms with Gasteiger partial charge in [0, 0.05) is 6.42 Å². The van der Waals surface area contributed by atoms with Crippen LogP contribution in [-0.2, 0) is 31.9 Å². The topological polar surface area (TPSA) is 61.8 Å². The van der Waals surface area contributed by atoms with E-state index < -0.39 is 17.9 Å². The van der Waals surface area contributed by atoms with Crippen LogP contribution in [0.25, 0.3) is 10.8 Å². The van der Waals surface area contributed by atoms with Crippen molar-refractivity contribution in [2.45, 2.75) is 12.8 Å². The number of benzene rings is 3. The summed E-state index contributed by atoms with van der Waals surface area (Å²) in [7, 11) is 2.51. The van der Waals surface area contributed by atoms with Crippen molar-refractivity contribution in [1.82, 2.24) is 0 Å². The molecule has 0 saturated carbocycles. The van der Waals surface area contributed by atoms with E-state index in [9.17, 15) is 9.59 Å². The molecule has 0 fully saturated rings. The number of fused-ring (bicyclic) bond motifs is 1. The van der Waals surface area contributed by atoms with Crippen molar-refractivity contribution in [2.75, 3.05) is 20.8 Å². The van der Waals surface area contributed by atoms with E-state index in [0.717, 1.165) is 17.7 Å². The van der Waals surface area contributed by atoms with Crippen molar-refractivity contribution < 1.29 is 23.8 Å². The first-order chi connectivity index (χ1) is 14.1. The average molecular weight is 392 g/mol. The van der Waals surface area contributed by atoms with Crippen LogP contribution in [0, 0.1) is 5.92 Å². The maximum Gasteiger partial charge on any atom is 0.320 e. The molecule has 0 aliphatic rings. The highest BCUT2D eigenvalue weighted by atomic mass is 16.5. The molecule has 0 unspecified atom stereocenters. The van der Waals surface area contributed by atoms with E-state index in [1.807, 2.05) is 36.4 Å². The van der Waals surface area contributed by atoms with Gasteiger partial charge in [-0.3, -0.25) is 9.59 Å². The lowest BCUT2D eigenvalue weighted by molar-refractivity contribution is -0.158. The summed E-state index contributed by atoms with van der Waals surface area (Å²) in [6.45, 7) is 0.560. The van der Waals surface area contributed by atoms with Crippen LogP contribution < -0.4 is 4.74 Å². The molecular formula is C24H24O5. The van der Waals surface area contributed by atoms with Gasteiger partial charge < -0.3 is 14.2 Å². The third kappa shape index (κ3) is 5.35. The Labute approximate surface area is 170 Å². The van der Waals surface area contributed by atoms with Crippen LogP contribution in [0.15, 0.2) is 66.7 Å². The molecule has 0 spiro atoms. The molecule has 0 amide bonds. The zero-order valence-electron chi connectivity index (χ0n) is 16.6. The lowest BCUT2D eigenvalue weighted by Crippen LogP contribution is -2.28. The van der Waals surface area contributed by atoms with Crippen molar-refractivity contribution in [3.05, 3.63) is 77.9 Å². The lowest BCUT2D eigenvalue weighted by atomic mass is 9.99. The van der Waals surface area contributed by atoms with Crippen LogP contribution >= 0.6 is 0 Å². The quantitative estimate of drug-likeness (QED) is 0.429. The third-order valence-corrected chi connectivity index (χ3v) is 4.81. The van der Waals surface area contributed by atoms with Crippen LogP contribution in [-0.4, -0.2) is 32.8 Å². The summed E-state index contributed by atoms with van der Waals surface area (Å²) in [4.78, 5) is 23.6. The molecule has 5 heteroatoms. The molecule has 3 aromatic rings. The van der Waals surface area contributed by atoms with E-state index in [-0.39, 0.29) is 6.42 Å². The molecule has 5 nitrogen and oxygen atoms in total. The molecule has 0 heterocycles. The van der Waals surface area contributed by atoms with E-state index in [0.29, 0.717) is 6.61 Å². The number of rotatable bonds is 8. The Morgan fingerprint density at radius 1 is 0.793 bits per heavy atom. The van der Waals surface area contributed by atoms with Crippen LogP contribution in [0.5, 0.6) is 5.75 Å². The number of hydrogen-bond donors (Lipinski definition) is 0. The second-order valence-corrected chi connectivity index (χ2v) is 6.73. The minimum atomic E-state index is -0.968. The molecule has 0 aromatic heterocycles. The first kappa shape index (κ1) is 20.4. The molecule has 0 N–H and O–H groups in total. The van der Waals surface area contributed by atoms with Gasteiger partial charge in [-0.05, 0) is 40.5 Å². The molecule has 3 rings (SSSR count). The van der Waals surface area contributed by atoms with Crippen LogP contribution in [0.4, 0.5) is 0 Å². The van der Waals surface area contributed by atoms with Crippen molar-refractivity contribution in [3.8, 4) is 5.75 Å². The van der Waals surface area contributed by atoms with Gasteiger partial charge in [-0.15, -0.1) is 0 Å². The SMILES string of the molecule is COC(=O)C(Cc1ccc(OCCc2ccc3ccccc3c2)cc1)C(=O)OC. The van der Waals surface area contributed by atoms with E-state index >= 15 is 0 Å². The first-order valence-corrected chi connectivity index (χ1v) is 9.46. The summed E-state index contributed by atoms with van der Waals surface area (Å²) in [5, 5.41) is 2.45. The fraction of sp³-hybridized carbons (Fsp3) is 0.250. The molecule has 0 aliphatic heterocycles. The van der Waals surface area contributed by atoms with Crippen LogP contribution in [0.2, 0.25) is 0 Å². The Morgan fingerprint density at radius 3 is 2.07 bits per heavy atom. The highest BCUT2D eigenvalue weighted by Gasteiger charge is 2.28. The number of carbonyl (C=O) groups excluding carboxylic acids is 2. The van der Waals surface area contributed by atoms with E-state index in [1.54, 1.807) is 0 Å². The number of hydrogen-bond acceptors (Lipinski definition) is 5. The number of methoxy groups -OCH3 is 2. The summed E-state index contributed by atoms with van der Waals surface area (Å²) in [6, 6.07) is 22.0. The summed E-state index contributed by atoms with van der Waals surface area (Å²) in [5.74, 6) is -1.44. The molecule has 29 heavy (non-hydrogen) atoms. The fourth-order valence-corrected chi connectivity index (χ4v) is 3.19. The predicted octanol–water partition coefficient (Wildman–Crippen LogP) is 3.97. The molecule has 0 radical (unpaired) electrons. The Balaban J connectivity index is 1.55. The normalized spacial score (nSPS) is 10.7. The molecule has 3 aromatic carbocycles. The minimum absolute atomic E-state index is 0.219. The van der Waals surface area contributed by atoms with Gasteiger partial charge in [-0.25, -0.2) is 0 Å². The molecule has 0 saturated heterocycles. The zero-order chi connectivity index (χ0) is 20.6. The standard InChI is InChI=1S/C24H24O5/c1-27-23(25)22(24(26)28-2)16-17-8-11-21(12-9-17)29-14-13-18-7-10-19-5-3-4-6-20(19)15-18/h3-12,15,22H,13-14,16H2,1-2H3. The highest BCUT2D eigenvalue weighted by molar-refractivity contribution is 5.95. The number of carbonyl (C=O) groups is 2. The van der Waals surface area contributed by atoms with Crippen molar-refractivity contribution in [3.63, 3.8) is 0 Å². The Morgan fingerprint density at radius 2 is 1.41 bits per heavy atom. The van der Waals surface area contributed by atoms with Gasteiger partial charge in [-0.1, -0.05) is 54.6 Å². The van der Waals surface area contributed by atoms with Crippen LogP contribution in [0.3, 0.4) is 0 Å². The van der Waals surface area contributed by atoms with Gasteiger partial charge in [0.15, 0.2) is 5.92 Å². The fourth-order valence-electron chi connectivity index (χ4n) is 3.19. The molecular weight excluding hydrogens is 368 g/mol. The van der Waals surface area contributed by atoms with E-state index in [2.05, 4.69) is 39.8 Å². The van der Waals surface area contributed by atoms with Gasteiger partial charge in [0.1, 0.15) is 5.75 Å². The maximum atomic E-state index is 11.8. The van der Waals surface area contributed by atoms with Gasteiger partial charge in [-0.2, -0.15) is 0 Å². The van der Waals surface area contributed by atoms with E-state index in [4.69, 9.17) is 4.74 Å². The monoisotopic (exact) mass is 392 g/mol. The van der Waals surface area contributed by atoms with E-state index in [1.165, 1.54) is 30.6 Å². The second kappa shape index (κ2) is 9.73.